The van der Waals surface area contributed by atoms with Crippen molar-refractivity contribution in [3.8, 4) is 22.9 Å². The van der Waals surface area contributed by atoms with Crippen molar-refractivity contribution in [1.82, 2.24) is 29.5 Å². The first-order valence-corrected chi connectivity index (χ1v) is 13.3. The van der Waals surface area contributed by atoms with Gasteiger partial charge in [0.15, 0.2) is 5.82 Å². The van der Waals surface area contributed by atoms with Crippen LogP contribution in [0.5, 0.6) is 0 Å². The highest BCUT2D eigenvalue weighted by molar-refractivity contribution is 5.69. The predicted molar refractivity (Wildman–Crippen MR) is 143 cm³/mol. The second-order valence-corrected chi connectivity index (χ2v) is 10.4. The predicted octanol–water partition coefficient (Wildman–Crippen LogP) is 3.82. The fourth-order valence-corrected chi connectivity index (χ4v) is 5.22. The highest BCUT2D eigenvalue weighted by Gasteiger charge is 2.27. The second-order valence-electron chi connectivity index (χ2n) is 10.4. The molecule has 6 rings (SSSR count). The van der Waals surface area contributed by atoms with Crippen LogP contribution in [-0.4, -0.2) is 55.8 Å². The first-order valence-electron chi connectivity index (χ1n) is 13.3. The summed E-state index contributed by atoms with van der Waals surface area (Å²) in [4.78, 5) is 24.3. The van der Waals surface area contributed by atoms with Gasteiger partial charge in [0, 0.05) is 43.3 Å². The summed E-state index contributed by atoms with van der Waals surface area (Å²) in [5.41, 5.74) is 2.84. The zero-order valence-electron chi connectivity index (χ0n) is 22.0. The minimum absolute atomic E-state index is 0.0190. The Hall–Kier alpha value is -4.30. The Morgan fingerprint density at radius 1 is 1.10 bits per heavy atom. The lowest BCUT2D eigenvalue weighted by Gasteiger charge is -2.32. The molecule has 4 aromatic rings. The van der Waals surface area contributed by atoms with Crippen molar-refractivity contribution in [2.75, 3.05) is 31.2 Å². The Balaban J connectivity index is 1.16. The van der Waals surface area contributed by atoms with Crippen LogP contribution in [0.25, 0.3) is 16.8 Å². The van der Waals surface area contributed by atoms with E-state index in [-0.39, 0.29) is 23.6 Å². The SMILES string of the molecule is CC(C)c1nc(C2CCN(c3ncc(-c4ccc(-n5cnn([C@@H]6CCOC6)c5=O)cc4)cc3C#N)CC2)no1. The van der Waals surface area contributed by atoms with E-state index in [9.17, 15) is 10.1 Å². The summed E-state index contributed by atoms with van der Waals surface area (Å²) < 4.78 is 13.8. The number of piperidine rings is 1. The van der Waals surface area contributed by atoms with Gasteiger partial charge in [-0.15, -0.1) is 0 Å². The molecule has 39 heavy (non-hydrogen) atoms. The van der Waals surface area contributed by atoms with Crippen molar-refractivity contribution >= 4 is 5.82 Å². The number of hydrogen-bond donors (Lipinski definition) is 0. The summed E-state index contributed by atoms with van der Waals surface area (Å²) in [5, 5.41) is 18.4. The summed E-state index contributed by atoms with van der Waals surface area (Å²) in [6.07, 6.45) is 5.88. The summed E-state index contributed by atoms with van der Waals surface area (Å²) in [7, 11) is 0. The maximum Gasteiger partial charge on any atom is 0.350 e. The molecule has 0 aliphatic carbocycles. The van der Waals surface area contributed by atoms with E-state index in [4.69, 9.17) is 14.2 Å². The van der Waals surface area contributed by atoms with E-state index >= 15 is 0 Å². The Bertz CT molecular complexity index is 1550. The third kappa shape index (κ3) is 4.83. The van der Waals surface area contributed by atoms with Crippen LogP contribution in [0.1, 0.15) is 68.3 Å². The Labute approximate surface area is 225 Å². The summed E-state index contributed by atoms with van der Waals surface area (Å²) >= 11 is 0. The smallest absolute Gasteiger partial charge is 0.350 e. The summed E-state index contributed by atoms with van der Waals surface area (Å²) in [6, 6.07) is 11.8. The molecular formula is C28H30N8O3. The maximum atomic E-state index is 12.9. The molecule has 2 aliphatic heterocycles. The molecule has 0 bridgehead atoms. The Kier molecular flexibility index (Phi) is 6.70. The van der Waals surface area contributed by atoms with Gasteiger partial charge in [0.2, 0.25) is 5.89 Å². The molecule has 1 atom stereocenters. The van der Waals surface area contributed by atoms with Gasteiger partial charge in [-0.25, -0.2) is 19.0 Å². The molecule has 0 unspecified atom stereocenters. The van der Waals surface area contributed by atoms with Gasteiger partial charge in [-0.3, -0.25) is 0 Å². The summed E-state index contributed by atoms with van der Waals surface area (Å²) in [5.74, 6) is 2.59. The number of nitrogens with zero attached hydrogens (tertiary/aromatic N) is 8. The average molecular weight is 527 g/mol. The van der Waals surface area contributed by atoms with Gasteiger partial charge < -0.3 is 14.2 Å². The van der Waals surface area contributed by atoms with Crippen molar-refractivity contribution in [2.45, 2.75) is 51.0 Å². The minimum Gasteiger partial charge on any atom is -0.379 e. The molecular weight excluding hydrogens is 496 g/mol. The number of nitriles is 1. The van der Waals surface area contributed by atoms with Crippen LogP contribution < -0.4 is 10.6 Å². The lowest BCUT2D eigenvalue weighted by molar-refractivity contribution is 0.183. The number of anilines is 1. The first-order chi connectivity index (χ1) is 19.0. The highest BCUT2D eigenvalue weighted by Crippen LogP contribution is 2.32. The average Bonchev–Trinajstić information content (AvgIpc) is 3.74. The second kappa shape index (κ2) is 10.5. The number of rotatable bonds is 6. The van der Waals surface area contributed by atoms with Crippen LogP contribution in [0.4, 0.5) is 5.82 Å². The zero-order valence-corrected chi connectivity index (χ0v) is 22.0. The third-order valence-corrected chi connectivity index (χ3v) is 7.52. The molecule has 200 valence electrons. The molecule has 0 saturated carbocycles. The summed E-state index contributed by atoms with van der Waals surface area (Å²) in [6.45, 7) is 6.76. The van der Waals surface area contributed by atoms with Gasteiger partial charge in [-0.1, -0.05) is 31.1 Å². The van der Waals surface area contributed by atoms with Crippen molar-refractivity contribution in [3.05, 3.63) is 70.6 Å². The fraction of sp³-hybridized carbons (Fsp3) is 0.429. The van der Waals surface area contributed by atoms with Gasteiger partial charge in [-0.2, -0.15) is 15.3 Å². The van der Waals surface area contributed by atoms with Crippen LogP contribution in [-0.2, 0) is 4.74 Å². The van der Waals surface area contributed by atoms with Crippen LogP contribution in [0.2, 0.25) is 0 Å². The molecule has 1 aromatic carbocycles. The van der Waals surface area contributed by atoms with Crippen LogP contribution in [0.15, 0.2) is 52.2 Å². The molecule has 5 heterocycles. The Morgan fingerprint density at radius 3 is 2.56 bits per heavy atom. The van der Waals surface area contributed by atoms with Crippen LogP contribution in [0, 0.1) is 11.3 Å². The third-order valence-electron chi connectivity index (χ3n) is 7.52. The number of ether oxygens (including phenoxy) is 1. The van der Waals surface area contributed by atoms with Gasteiger partial charge in [0.1, 0.15) is 18.2 Å². The van der Waals surface area contributed by atoms with E-state index in [0.717, 1.165) is 55.0 Å². The lowest BCUT2D eigenvalue weighted by atomic mass is 9.95. The molecule has 0 N–H and O–H groups in total. The fourth-order valence-electron chi connectivity index (χ4n) is 5.22. The minimum atomic E-state index is -0.181. The normalized spacial score (nSPS) is 18.1. The van der Waals surface area contributed by atoms with E-state index < -0.39 is 0 Å². The maximum absolute atomic E-state index is 12.9. The number of benzene rings is 1. The number of pyridine rings is 1. The standard InChI is InChI=1S/C28H30N8O3/c1-18(2)27-32-25(33-39-27)20-7-10-34(11-8-20)26-21(14-29)13-22(15-30-26)19-3-5-23(6-4-19)35-17-31-36(28(35)37)24-9-12-38-16-24/h3-6,13,15,17-18,20,24H,7-12,16H2,1-2H3/t24-/m1/s1. The monoisotopic (exact) mass is 526 g/mol. The van der Waals surface area contributed by atoms with E-state index in [2.05, 4.69) is 26.2 Å². The topological polar surface area (TPSA) is 128 Å². The first kappa shape index (κ1) is 25.0. The van der Waals surface area contributed by atoms with E-state index in [1.54, 1.807) is 12.5 Å². The number of hydrogen-bond acceptors (Lipinski definition) is 9. The molecule has 2 fully saturated rings. The molecule has 2 saturated heterocycles. The Morgan fingerprint density at radius 2 is 1.90 bits per heavy atom. The molecule has 3 aromatic heterocycles. The van der Waals surface area contributed by atoms with Gasteiger partial charge >= 0.3 is 5.69 Å². The van der Waals surface area contributed by atoms with Crippen molar-refractivity contribution in [2.24, 2.45) is 0 Å². The van der Waals surface area contributed by atoms with Gasteiger partial charge in [0.25, 0.3) is 0 Å². The lowest BCUT2D eigenvalue weighted by Crippen LogP contribution is -2.34. The van der Waals surface area contributed by atoms with Gasteiger partial charge in [0.05, 0.1) is 23.9 Å². The van der Waals surface area contributed by atoms with E-state index in [1.807, 2.05) is 44.2 Å². The molecule has 0 radical (unpaired) electrons. The molecule has 0 amide bonds. The van der Waals surface area contributed by atoms with E-state index in [1.165, 1.54) is 9.25 Å². The largest absolute Gasteiger partial charge is 0.379 e. The highest BCUT2D eigenvalue weighted by atomic mass is 16.5. The molecule has 11 heteroatoms. The number of aromatic nitrogens is 6. The zero-order chi connectivity index (χ0) is 26.9. The van der Waals surface area contributed by atoms with Crippen molar-refractivity contribution in [1.29, 1.82) is 5.26 Å². The molecule has 0 spiro atoms. The quantitative estimate of drug-likeness (QED) is 0.368. The molecule has 2 aliphatic rings. The van der Waals surface area contributed by atoms with Crippen LogP contribution in [0.3, 0.4) is 0 Å². The van der Waals surface area contributed by atoms with Crippen molar-refractivity contribution < 1.29 is 9.26 Å². The van der Waals surface area contributed by atoms with E-state index in [0.29, 0.717) is 30.5 Å². The van der Waals surface area contributed by atoms with Gasteiger partial charge in [-0.05, 0) is 43.0 Å². The van der Waals surface area contributed by atoms with Crippen molar-refractivity contribution in [3.63, 3.8) is 0 Å². The van der Waals surface area contributed by atoms with Crippen LogP contribution >= 0.6 is 0 Å². The molecule has 11 nitrogen and oxygen atoms in total.